The molecule has 0 saturated heterocycles. The normalized spacial score (nSPS) is 10.7. The van der Waals surface area contributed by atoms with Crippen LogP contribution in [0.5, 0.6) is 23.0 Å². The van der Waals surface area contributed by atoms with Crippen molar-refractivity contribution in [1.29, 1.82) is 0 Å². The van der Waals surface area contributed by atoms with Crippen LogP contribution in [0, 0.1) is 52.5 Å². The average molecular weight is 1020 g/mol. The summed E-state index contributed by atoms with van der Waals surface area (Å²) in [5, 5.41) is 6.25. The fraction of sp³-hybridized carbons (Fsp3) is 0.196. The third-order valence-corrected chi connectivity index (χ3v) is 9.54. The molecule has 62 heavy (non-hydrogen) atoms. The minimum atomic E-state index is -4.57. The number of alkyl halides is 3. The fourth-order valence-corrected chi connectivity index (χ4v) is 5.88. The van der Waals surface area contributed by atoms with E-state index in [1.807, 2.05) is 103 Å². The Morgan fingerprint density at radius 3 is 1.37 bits per heavy atom. The van der Waals surface area contributed by atoms with Crippen molar-refractivity contribution in [2.45, 2.75) is 33.9 Å². The van der Waals surface area contributed by atoms with E-state index in [4.69, 9.17) is 18.9 Å². The predicted octanol–water partition coefficient (Wildman–Crippen LogP) is 7.49. The van der Waals surface area contributed by atoms with E-state index in [1.165, 1.54) is 12.3 Å². The summed E-state index contributed by atoms with van der Waals surface area (Å²) in [5.41, 5.74) is 8.68. The predicted molar refractivity (Wildman–Crippen MR) is 219 cm³/mol. The molecule has 4 aromatic carbocycles. The zero-order valence-electron chi connectivity index (χ0n) is 35.1. The Morgan fingerprint density at radius 1 is 0.597 bits per heavy atom. The molecular weight excluding hydrogens is 978 g/mol. The van der Waals surface area contributed by atoms with Crippen LogP contribution < -0.4 is 33.2 Å². The second-order valence-corrected chi connectivity index (χ2v) is 13.2. The summed E-state index contributed by atoms with van der Waals surface area (Å²) < 4.78 is 65.3. The summed E-state index contributed by atoms with van der Waals surface area (Å²) >= 11 is 0. The standard InChI is InChI=1S/2C19H19N2O2.C8H4F3N4.Ir/c2*1-14-15(2)21(17-7-11-19(23-4)12-8-17)13-20(14)16-5-9-18(22-3)10-6-16;9-8(10,11)7-13-6(14-15-7)5-3-1-2-4-12-5;/h2*5-7,9-12H,1-4H3;1-4H;/q3*-1;. The second-order valence-electron chi connectivity index (χ2n) is 13.2. The van der Waals surface area contributed by atoms with Crippen molar-refractivity contribution >= 4 is 0 Å². The van der Waals surface area contributed by atoms with Gasteiger partial charge in [-0.3, -0.25) is 19.2 Å². The van der Waals surface area contributed by atoms with Gasteiger partial charge in [-0.15, -0.1) is 24.3 Å². The van der Waals surface area contributed by atoms with E-state index in [9.17, 15) is 13.2 Å². The Labute approximate surface area is 371 Å². The Balaban J connectivity index is 0.000000178. The number of hydrogen-bond acceptors (Lipinski definition) is 7. The summed E-state index contributed by atoms with van der Waals surface area (Å²) in [4.78, 5) is 7.05. The number of hydrogen-bond donors (Lipinski definition) is 0. The molecule has 0 aliphatic heterocycles. The van der Waals surface area contributed by atoms with Crippen molar-refractivity contribution < 1.29 is 61.4 Å². The molecule has 1 radical (unpaired) electrons. The Hall–Kier alpha value is -6.77. The largest absolute Gasteiger partial charge is 0.554 e. The molecule has 0 atom stereocenters. The van der Waals surface area contributed by atoms with Gasteiger partial charge in [0.05, 0.1) is 56.9 Å². The molecule has 0 spiro atoms. The van der Waals surface area contributed by atoms with Crippen molar-refractivity contribution in [2.24, 2.45) is 0 Å². The monoisotopic (exact) mass is 1020 g/mol. The number of rotatable bonds is 9. The number of ether oxygens (including phenoxy) is 4. The maximum Gasteiger partial charge on any atom is 0.429 e. The molecule has 12 nitrogen and oxygen atoms in total. The summed E-state index contributed by atoms with van der Waals surface area (Å²) in [6.45, 7) is 8.31. The molecule has 323 valence electrons. The number of imidazole rings is 2. The SMILES string of the molecule is COc1c[c-]c(-n2[c-][n+](-c3ccc(OC)cc3)c(C)c2C)cc1.COc1c[c-]c(-n2[c-][n+](-c3ccc(OC)cc3)c(C)c2C)cc1.FC(F)(F)c1n[n-]c(-c2ccccn2)n1.[Ir]. The van der Waals surface area contributed by atoms with Gasteiger partial charge in [0.15, 0.2) is 0 Å². The first-order chi connectivity index (χ1) is 29.3. The van der Waals surface area contributed by atoms with Crippen LogP contribution in [0.1, 0.15) is 28.6 Å². The van der Waals surface area contributed by atoms with Crippen LogP contribution in [-0.2, 0) is 26.3 Å². The Kier molecular flexibility index (Phi) is 15.4. The van der Waals surface area contributed by atoms with Gasteiger partial charge in [-0.1, -0.05) is 6.07 Å². The van der Waals surface area contributed by atoms with Gasteiger partial charge in [0, 0.05) is 49.2 Å². The van der Waals surface area contributed by atoms with Gasteiger partial charge in [0.25, 0.3) is 12.7 Å². The number of pyridine rings is 1. The maximum atomic E-state index is 12.1. The van der Waals surface area contributed by atoms with Gasteiger partial charge in [-0.2, -0.15) is 37.4 Å². The van der Waals surface area contributed by atoms with Gasteiger partial charge in [-0.25, -0.2) is 0 Å². The second kappa shape index (κ2) is 20.7. The molecule has 4 aromatic heterocycles. The van der Waals surface area contributed by atoms with E-state index in [0.717, 1.165) is 68.5 Å². The van der Waals surface area contributed by atoms with Crippen molar-refractivity contribution in [2.75, 3.05) is 28.4 Å². The van der Waals surface area contributed by atoms with E-state index in [0.29, 0.717) is 0 Å². The maximum absolute atomic E-state index is 12.1. The Morgan fingerprint density at radius 2 is 1.03 bits per heavy atom. The van der Waals surface area contributed by atoms with Crippen molar-refractivity contribution in [1.82, 2.24) is 29.3 Å². The van der Waals surface area contributed by atoms with Crippen LogP contribution in [-0.4, -0.2) is 52.6 Å². The third-order valence-electron chi connectivity index (χ3n) is 9.54. The fourth-order valence-electron chi connectivity index (χ4n) is 5.88. The molecule has 0 N–H and O–H groups in total. The molecule has 0 saturated carbocycles. The van der Waals surface area contributed by atoms with Crippen molar-refractivity contribution in [3.63, 3.8) is 0 Å². The van der Waals surface area contributed by atoms with Crippen molar-refractivity contribution in [3.05, 3.63) is 163 Å². The minimum absolute atomic E-state index is 0. The number of benzene rings is 4. The molecular formula is C46H42F3IrN8O4-3. The zero-order valence-corrected chi connectivity index (χ0v) is 37.5. The summed E-state index contributed by atoms with van der Waals surface area (Å²) in [5.74, 6) is 1.89. The van der Waals surface area contributed by atoms with E-state index >= 15 is 0 Å². The molecule has 0 amide bonds. The van der Waals surface area contributed by atoms with E-state index in [-0.39, 0.29) is 31.6 Å². The summed E-state index contributed by atoms with van der Waals surface area (Å²) in [6, 6.07) is 38.5. The first-order valence-corrected chi connectivity index (χ1v) is 18.7. The number of methoxy groups -OCH3 is 4. The van der Waals surface area contributed by atoms with E-state index in [2.05, 4.69) is 72.6 Å². The van der Waals surface area contributed by atoms with Crippen LogP contribution in [0.4, 0.5) is 13.2 Å². The van der Waals surface area contributed by atoms with Crippen LogP contribution >= 0.6 is 0 Å². The molecule has 0 fully saturated rings. The van der Waals surface area contributed by atoms with Crippen molar-refractivity contribution in [3.8, 4) is 57.3 Å². The topological polar surface area (TPSA) is 107 Å². The number of aromatic nitrogens is 8. The van der Waals surface area contributed by atoms with E-state index < -0.39 is 12.0 Å². The van der Waals surface area contributed by atoms with Gasteiger partial charge in [-0.05, 0) is 106 Å². The molecule has 16 heteroatoms. The average Bonchev–Trinajstić information content (AvgIpc) is 4.01. The summed E-state index contributed by atoms with van der Waals surface area (Å²) in [7, 11) is 6.63. The molecule has 8 rings (SSSR count). The van der Waals surface area contributed by atoms with E-state index in [1.54, 1.807) is 40.6 Å². The molecule has 0 unspecified atom stereocenters. The van der Waals surface area contributed by atoms with Crippen LogP contribution in [0.2, 0.25) is 0 Å². The minimum Gasteiger partial charge on any atom is -0.554 e. The first kappa shape index (κ1) is 46.3. The first-order valence-electron chi connectivity index (χ1n) is 18.7. The van der Waals surface area contributed by atoms with Crippen LogP contribution in [0.25, 0.3) is 34.3 Å². The van der Waals surface area contributed by atoms with Crippen LogP contribution in [0.3, 0.4) is 0 Å². The molecule has 0 bridgehead atoms. The van der Waals surface area contributed by atoms with Gasteiger partial charge in [0.1, 0.15) is 17.3 Å². The zero-order chi connectivity index (χ0) is 43.7. The van der Waals surface area contributed by atoms with Gasteiger partial charge >= 0.3 is 6.18 Å². The molecule has 0 aliphatic carbocycles. The number of halogens is 3. The van der Waals surface area contributed by atoms with Gasteiger partial charge < -0.3 is 38.2 Å². The quantitative estimate of drug-likeness (QED) is 0.108. The third kappa shape index (κ3) is 10.7. The molecule has 8 aromatic rings. The van der Waals surface area contributed by atoms with Gasteiger partial charge in [0.2, 0.25) is 0 Å². The number of nitrogens with zero attached hydrogens (tertiary/aromatic N) is 8. The summed E-state index contributed by atoms with van der Waals surface area (Å²) in [6.07, 6.45) is 3.63. The molecule has 4 heterocycles. The van der Waals surface area contributed by atoms with Crippen LogP contribution in [0.15, 0.2) is 109 Å². The Bertz CT molecular complexity index is 2370. The molecule has 0 aliphatic rings. The smallest absolute Gasteiger partial charge is 0.429 e.